The minimum atomic E-state index is -0.733. The van der Waals surface area contributed by atoms with Crippen molar-refractivity contribution in [2.75, 3.05) is 19.5 Å². The van der Waals surface area contributed by atoms with Crippen molar-refractivity contribution in [1.82, 2.24) is 14.5 Å². The lowest BCUT2D eigenvalue weighted by Gasteiger charge is -2.19. The van der Waals surface area contributed by atoms with Crippen molar-refractivity contribution < 1.29 is 14.3 Å². The van der Waals surface area contributed by atoms with Crippen molar-refractivity contribution in [2.24, 2.45) is 0 Å². The van der Waals surface area contributed by atoms with Crippen LogP contribution in [0.5, 0.6) is 11.5 Å². The third-order valence-electron chi connectivity index (χ3n) is 4.87. The van der Waals surface area contributed by atoms with Crippen LogP contribution in [0, 0.1) is 0 Å². The zero-order chi connectivity index (χ0) is 21.3. The summed E-state index contributed by atoms with van der Waals surface area (Å²) in [4.78, 5) is 35.7. The standard InChI is InChI=1S/C21H20N4O4S/c1-4-15(19(26)24-14-10-12(28-2)7-8-16(14)29-3)25-11-23-17-13-6-5-9-22-20(13)30-18(17)21(25)27/h5-11,15H,4H2,1-3H3,(H,24,26). The largest absolute Gasteiger partial charge is 0.497 e. The van der Waals surface area contributed by atoms with E-state index in [1.165, 1.54) is 29.3 Å². The van der Waals surface area contributed by atoms with Crippen LogP contribution in [-0.4, -0.2) is 34.7 Å². The zero-order valence-corrected chi connectivity index (χ0v) is 17.5. The Morgan fingerprint density at radius 2 is 2.07 bits per heavy atom. The number of ether oxygens (including phenoxy) is 2. The number of pyridine rings is 1. The van der Waals surface area contributed by atoms with Gasteiger partial charge in [-0.2, -0.15) is 0 Å². The first-order chi connectivity index (χ1) is 14.6. The molecule has 0 aliphatic heterocycles. The van der Waals surface area contributed by atoms with Gasteiger partial charge in [-0.05, 0) is 30.7 Å². The summed E-state index contributed by atoms with van der Waals surface area (Å²) in [6.07, 6.45) is 3.52. The summed E-state index contributed by atoms with van der Waals surface area (Å²) in [7, 11) is 3.06. The summed E-state index contributed by atoms with van der Waals surface area (Å²) in [5.41, 5.74) is 0.810. The van der Waals surface area contributed by atoms with E-state index in [9.17, 15) is 9.59 Å². The van der Waals surface area contributed by atoms with Gasteiger partial charge in [0.2, 0.25) is 5.91 Å². The van der Waals surface area contributed by atoms with Crippen molar-refractivity contribution in [1.29, 1.82) is 0 Å². The van der Waals surface area contributed by atoms with Gasteiger partial charge in [-0.25, -0.2) is 9.97 Å². The minimum Gasteiger partial charge on any atom is -0.497 e. The Morgan fingerprint density at radius 1 is 1.23 bits per heavy atom. The molecule has 1 aromatic carbocycles. The number of aromatic nitrogens is 3. The summed E-state index contributed by atoms with van der Waals surface area (Å²) >= 11 is 1.28. The van der Waals surface area contributed by atoms with Crippen molar-refractivity contribution in [2.45, 2.75) is 19.4 Å². The van der Waals surface area contributed by atoms with Crippen LogP contribution in [0.1, 0.15) is 19.4 Å². The van der Waals surface area contributed by atoms with Gasteiger partial charge in [-0.1, -0.05) is 6.92 Å². The van der Waals surface area contributed by atoms with Gasteiger partial charge in [0, 0.05) is 17.6 Å². The molecule has 1 N–H and O–H groups in total. The lowest BCUT2D eigenvalue weighted by atomic mass is 10.2. The number of methoxy groups -OCH3 is 2. The molecule has 8 nitrogen and oxygen atoms in total. The second kappa shape index (κ2) is 8.11. The Bertz CT molecular complexity index is 1300. The molecule has 0 aliphatic rings. The quantitative estimate of drug-likeness (QED) is 0.508. The lowest BCUT2D eigenvalue weighted by molar-refractivity contribution is -0.119. The van der Waals surface area contributed by atoms with E-state index in [4.69, 9.17) is 9.47 Å². The Labute approximate surface area is 176 Å². The van der Waals surface area contributed by atoms with E-state index >= 15 is 0 Å². The number of amides is 1. The van der Waals surface area contributed by atoms with Crippen molar-refractivity contribution in [3.05, 3.63) is 53.2 Å². The monoisotopic (exact) mass is 424 g/mol. The number of rotatable bonds is 6. The van der Waals surface area contributed by atoms with Crippen LogP contribution in [0.2, 0.25) is 0 Å². The van der Waals surface area contributed by atoms with Crippen molar-refractivity contribution in [3.63, 3.8) is 0 Å². The third kappa shape index (κ3) is 3.37. The maximum absolute atomic E-state index is 13.2. The van der Waals surface area contributed by atoms with Gasteiger partial charge in [0.15, 0.2) is 0 Å². The first-order valence-electron chi connectivity index (χ1n) is 9.34. The molecule has 154 valence electrons. The van der Waals surface area contributed by atoms with Crippen LogP contribution in [0.15, 0.2) is 47.7 Å². The van der Waals surface area contributed by atoms with E-state index in [1.807, 2.05) is 19.1 Å². The second-order valence-corrected chi connectivity index (χ2v) is 7.57. The number of nitrogens with zero attached hydrogens (tertiary/aromatic N) is 3. The maximum atomic E-state index is 13.2. The fraction of sp³-hybridized carbons (Fsp3) is 0.238. The number of hydrogen-bond acceptors (Lipinski definition) is 7. The predicted molar refractivity (Wildman–Crippen MR) is 117 cm³/mol. The maximum Gasteiger partial charge on any atom is 0.272 e. The summed E-state index contributed by atoms with van der Waals surface area (Å²) in [5, 5.41) is 3.68. The highest BCUT2D eigenvalue weighted by Crippen LogP contribution is 2.31. The Balaban J connectivity index is 1.73. The second-order valence-electron chi connectivity index (χ2n) is 6.57. The molecule has 0 saturated heterocycles. The van der Waals surface area contributed by atoms with Crippen LogP contribution >= 0.6 is 11.3 Å². The average Bonchev–Trinajstić information content (AvgIpc) is 3.15. The smallest absolute Gasteiger partial charge is 0.272 e. The van der Waals surface area contributed by atoms with E-state index in [1.54, 1.807) is 31.5 Å². The summed E-state index contributed by atoms with van der Waals surface area (Å²) < 4.78 is 12.4. The van der Waals surface area contributed by atoms with Gasteiger partial charge in [0.05, 0.1) is 31.8 Å². The molecule has 0 fully saturated rings. The zero-order valence-electron chi connectivity index (χ0n) is 16.7. The summed E-state index contributed by atoms with van der Waals surface area (Å²) in [6, 6.07) is 8.08. The Morgan fingerprint density at radius 3 is 2.80 bits per heavy atom. The van der Waals surface area contributed by atoms with E-state index in [0.717, 1.165) is 10.2 Å². The average molecular weight is 424 g/mol. The number of hydrogen-bond donors (Lipinski definition) is 1. The van der Waals surface area contributed by atoms with Gasteiger partial charge < -0.3 is 14.8 Å². The molecule has 4 rings (SSSR count). The van der Waals surface area contributed by atoms with E-state index in [2.05, 4.69) is 15.3 Å². The van der Waals surface area contributed by atoms with E-state index < -0.39 is 6.04 Å². The van der Waals surface area contributed by atoms with Gasteiger partial charge in [0.25, 0.3) is 5.56 Å². The molecule has 4 aromatic rings. The summed E-state index contributed by atoms with van der Waals surface area (Å²) in [5.74, 6) is 0.735. The van der Waals surface area contributed by atoms with E-state index in [-0.39, 0.29) is 11.5 Å². The molecule has 30 heavy (non-hydrogen) atoms. The molecular formula is C21H20N4O4S. The number of nitrogens with one attached hydrogen (secondary N) is 1. The van der Waals surface area contributed by atoms with Crippen LogP contribution in [0.4, 0.5) is 5.69 Å². The van der Waals surface area contributed by atoms with Gasteiger partial charge in [0.1, 0.15) is 27.1 Å². The topological polar surface area (TPSA) is 95.3 Å². The highest BCUT2D eigenvalue weighted by Gasteiger charge is 2.23. The first kappa shape index (κ1) is 19.8. The van der Waals surface area contributed by atoms with Gasteiger partial charge in [-0.15, -0.1) is 11.3 Å². The molecule has 0 saturated carbocycles. The number of anilines is 1. The molecule has 3 aromatic heterocycles. The Kier molecular flexibility index (Phi) is 5.37. The van der Waals surface area contributed by atoms with Crippen LogP contribution < -0.4 is 20.3 Å². The van der Waals surface area contributed by atoms with Crippen LogP contribution in [-0.2, 0) is 4.79 Å². The molecule has 0 bridgehead atoms. The van der Waals surface area contributed by atoms with Gasteiger partial charge >= 0.3 is 0 Å². The number of fused-ring (bicyclic) bond motifs is 3. The summed E-state index contributed by atoms with van der Waals surface area (Å²) in [6.45, 7) is 1.84. The van der Waals surface area contributed by atoms with Crippen molar-refractivity contribution in [3.8, 4) is 11.5 Å². The normalized spacial score (nSPS) is 12.1. The molecular weight excluding hydrogens is 404 g/mol. The number of carbonyl (C=O) groups excluding carboxylic acids is 1. The van der Waals surface area contributed by atoms with Crippen LogP contribution in [0.25, 0.3) is 20.4 Å². The van der Waals surface area contributed by atoms with Crippen molar-refractivity contribution >= 4 is 43.4 Å². The fourth-order valence-electron chi connectivity index (χ4n) is 3.34. The van der Waals surface area contributed by atoms with Gasteiger partial charge in [-0.3, -0.25) is 14.2 Å². The highest BCUT2D eigenvalue weighted by molar-refractivity contribution is 7.25. The third-order valence-corrected chi connectivity index (χ3v) is 5.96. The molecule has 1 unspecified atom stereocenters. The first-order valence-corrected chi connectivity index (χ1v) is 10.2. The Hall–Kier alpha value is -3.46. The molecule has 0 radical (unpaired) electrons. The minimum absolute atomic E-state index is 0.261. The molecule has 1 atom stereocenters. The molecule has 0 spiro atoms. The van der Waals surface area contributed by atoms with E-state index in [0.29, 0.717) is 33.8 Å². The molecule has 1 amide bonds. The molecule has 0 aliphatic carbocycles. The predicted octanol–water partition coefficient (Wildman–Crippen LogP) is 3.61. The number of carbonyl (C=O) groups is 1. The molecule has 9 heteroatoms. The number of benzene rings is 1. The van der Waals surface area contributed by atoms with Crippen LogP contribution in [0.3, 0.4) is 0 Å². The molecule has 3 heterocycles. The lowest BCUT2D eigenvalue weighted by Crippen LogP contribution is -2.33. The number of thiophene rings is 1. The fourth-order valence-corrected chi connectivity index (χ4v) is 4.37. The highest BCUT2D eigenvalue weighted by atomic mass is 32.1. The SMILES string of the molecule is CCC(C(=O)Nc1cc(OC)ccc1OC)n1cnc2c(sc3ncccc32)c1=O.